The van der Waals surface area contributed by atoms with Crippen molar-refractivity contribution >= 4 is 5.69 Å². The summed E-state index contributed by atoms with van der Waals surface area (Å²) < 4.78 is 0. The third-order valence-electron chi connectivity index (χ3n) is 2.71. The Morgan fingerprint density at radius 1 is 1.25 bits per heavy atom. The van der Waals surface area contributed by atoms with Crippen LogP contribution in [0.3, 0.4) is 0 Å². The highest BCUT2D eigenvalue weighted by molar-refractivity contribution is 5.42. The second-order valence-corrected chi connectivity index (χ2v) is 5.15. The van der Waals surface area contributed by atoms with E-state index in [2.05, 4.69) is 19.2 Å². The van der Waals surface area contributed by atoms with Crippen LogP contribution < -0.4 is 5.32 Å². The molecule has 0 heterocycles. The first-order valence-electron chi connectivity index (χ1n) is 6.01. The van der Waals surface area contributed by atoms with Crippen molar-refractivity contribution in [3.05, 3.63) is 30.3 Å². The smallest absolute Gasteiger partial charge is 0.0791 e. The van der Waals surface area contributed by atoms with Gasteiger partial charge in [0.15, 0.2) is 0 Å². The number of para-hydroxylation sites is 1. The lowest BCUT2D eigenvalue weighted by Crippen LogP contribution is -2.33. The van der Waals surface area contributed by atoms with Gasteiger partial charge < -0.3 is 10.4 Å². The summed E-state index contributed by atoms with van der Waals surface area (Å²) in [6.45, 7) is 6.86. The minimum Gasteiger partial charge on any atom is -0.388 e. The van der Waals surface area contributed by atoms with Crippen LogP contribution in [0.25, 0.3) is 0 Å². The van der Waals surface area contributed by atoms with Gasteiger partial charge in [0.1, 0.15) is 0 Å². The van der Waals surface area contributed by atoms with Crippen molar-refractivity contribution in [2.24, 2.45) is 5.92 Å². The molecule has 2 heteroatoms. The molecule has 1 atom stereocenters. The minimum absolute atomic E-state index is 0.601. The monoisotopic (exact) mass is 221 g/mol. The number of aliphatic hydroxyl groups is 1. The van der Waals surface area contributed by atoms with Crippen LogP contribution in [-0.2, 0) is 0 Å². The van der Waals surface area contributed by atoms with Gasteiger partial charge in [-0.15, -0.1) is 0 Å². The van der Waals surface area contributed by atoms with Gasteiger partial charge in [0.25, 0.3) is 0 Å². The van der Waals surface area contributed by atoms with E-state index in [4.69, 9.17) is 0 Å². The van der Waals surface area contributed by atoms with E-state index >= 15 is 0 Å². The second kappa shape index (κ2) is 5.90. The minimum atomic E-state index is -0.625. The summed E-state index contributed by atoms with van der Waals surface area (Å²) in [5, 5.41) is 13.4. The Morgan fingerprint density at radius 2 is 1.88 bits per heavy atom. The molecule has 1 aromatic carbocycles. The summed E-state index contributed by atoms with van der Waals surface area (Å²) in [7, 11) is 0. The molecule has 1 unspecified atom stereocenters. The highest BCUT2D eigenvalue weighted by Crippen LogP contribution is 2.17. The molecule has 1 aromatic rings. The highest BCUT2D eigenvalue weighted by atomic mass is 16.3. The predicted molar refractivity (Wildman–Crippen MR) is 69.6 cm³/mol. The van der Waals surface area contributed by atoms with Crippen LogP contribution >= 0.6 is 0 Å². The van der Waals surface area contributed by atoms with Crippen LogP contribution in [0.1, 0.15) is 33.6 Å². The average molecular weight is 221 g/mol. The van der Waals surface area contributed by atoms with Gasteiger partial charge in [-0.3, -0.25) is 0 Å². The van der Waals surface area contributed by atoms with E-state index in [0.717, 1.165) is 18.5 Å². The standard InChI is InChI=1S/C14H23NO/c1-12(2)9-10-14(3,16)11-15-13-7-5-4-6-8-13/h4-8,12,15-16H,9-11H2,1-3H3. The molecule has 2 N–H and O–H groups in total. The molecule has 0 saturated heterocycles. The van der Waals surface area contributed by atoms with Gasteiger partial charge in [-0.05, 0) is 37.8 Å². The fraction of sp³-hybridized carbons (Fsp3) is 0.571. The van der Waals surface area contributed by atoms with Crippen LogP contribution in [0, 0.1) is 5.92 Å². The molecule has 16 heavy (non-hydrogen) atoms. The van der Waals surface area contributed by atoms with Crippen molar-refractivity contribution < 1.29 is 5.11 Å². The summed E-state index contributed by atoms with van der Waals surface area (Å²) in [6.07, 6.45) is 1.90. The van der Waals surface area contributed by atoms with Gasteiger partial charge in [-0.1, -0.05) is 32.0 Å². The Morgan fingerprint density at radius 3 is 2.44 bits per heavy atom. The van der Waals surface area contributed by atoms with Gasteiger partial charge in [0, 0.05) is 12.2 Å². The van der Waals surface area contributed by atoms with E-state index in [1.54, 1.807) is 0 Å². The van der Waals surface area contributed by atoms with Crippen LogP contribution in [0.2, 0.25) is 0 Å². The van der Waals surface area contributed by atoms with Gasteiger partial charge in [-0.2, -0.15) is 0 Å². The first-order valence-corrected chi connectivity index (χ1v) is 6.01. The lowest BCUT2D eigenvalue weighted by molar-refractivity contribution is 0.0586. The summed E-state index contributed by atoms with van der Waals surface area (Å²) >= 11 is 0. The maximum absolute atomic E-state index is 10.2. The number of hydrogen-bond donors (Lipinski definition) is 2. The average Bonchev–Trinajstić information content (AvgIpc) is 2.26. The summed E-state index contributed by atoms with van der Waals surface area (Å²) in [6, 6.07) is 10.00. The Hall–Kier alpha value is -1.02. The van der Waals surface area contributed by atoms with Crippen molar-refractivity contribution in [3.8, 4) is 0 Å². The molecule has 2 nitrogen and oxygen atoms in total. The van der Waals surface area contributed by atoms with Crippen LogP contribution in [0.15, 0.2) is 30.3 Å². The summed E-state index contributed by atoms with van der Waals surface area (Å²) in [5.41, 5.74) is 0.437. The molecule has 0 spiro atoms. The topological polar surface area (TPSA) is 32.3 Å². The first-order chi connectivity index (χ1) is 7.49. The SMILES string of the molecule is CC(C)CCC(C)(O)CNc1ccccc1. The highest BCUT2D eigenvalue weighted by Gasteiger charge is 2.19. The van der Waals surface area contributed by atoms with Gasteiger partial charge in [-0.25, -0.2) is 0 Å². The number of nitrogens with one attached hydrogen (secondary N) is 1. The lowest BCUT2D eigenvalue weighted by atomic mass is 9.95. The molecule has 0 radical (unpaired) electrons. The number of rotatable bonds is 6. The Bertz CT molecular complexity index is 293. The Balaban J connectivity index is 2.36. The lowest BCUT2D eigenvalue weighted by Gasteiger charge is -2.25. The molecule has 1 rings (SSSR count). The fourth-order valence-electron chi connectivity index (χ4n) is 1.54. The molecular formula is C14H23NO. The second-order valence-electron chi connectivity index (χ2n) is 5.15. The maximum atomic E-state index is 10.2. The molecule has 0 saturated carbocycles. The van der Waals surface area contributed by atoms with Crippen molar-refractivity contribution in [2.75, 3.05) is 11.9 Å². The predicted octanol–water partition coefficient (Wildman–Crippen LogP) is 3.29. The molecule has 0 fully saturated rings. The van der Waals surface area contributed by atoms with Crippen molar-refractivity contribution in [3.63, 3.8) is 0 Å². The molecule has 0 aliphatic carbocycles. The van der Waals surface area contributed by atoms with Crippen molar-refractivity contribution in [1.29, 1.82) is 0 Å². The van der Waals surface area contributed by atoms with Crippen LogP contribution in [0.5, 0.6) is 0 Å². The molecule has 0 aliphatic rings. The number of benzene rings is 1. The third-order valence-corrected chi connectivity index (χ3v) is 2.71. The largest absolute Gasteiger partial charge is 0.388 e. The van der Waals surface area contributed by atoms with Crippen LogP contribution in [0.4, 0.5) is 5.69 Å². The molecular weight excluding hydrogens is 198 g/mol. The van der Waals surface area contributed by atoms with E-state index in [9.17, 15) is 5.11 Å². The zero-order valence-corrected chi connectivity index (χ0v) is 10.5. The fourth-order valence-corrected chi connectivity index (χ4v) is 1.54. The molecule has 0 aliphatic heterocycles. The Labute approximate surface area is 98.7 Å². The zero-order valence-electron chi connectivity index (χ0n) is 10.5. The molecule has 90 valence electrons. The molecule has 0 amide bonds. The number of anilines is 1. The zero-order chi connectivity index (χ0) is 12.0. The summed E-state index contributed by atoms with van der Waals surface area (Å²) in [5.74, 6) is 0.642. The number of hydrogen-bond acceptors (Lipinski definition) is 2. The first kappa shape index (κ1) is 13.0. The van der Waals surface area contributed by atoms with Gasteiger partial charge >= 0.3 is 0 Å². The van der Waals surface area contributed by atoms with E-state index in [1.807, 2.05) is 37.3 Å². The van der Waals surface area contributed by atoms with Gasteiger partial charge in [0.05, 0.1) is 5.60 Å². The quantitative estimate of drug-likeness (QED) is 0.772. The van der Waals surface area contributed by atoms with E-state index < -0.39 is 5.60 Å². The normalized spacial score (nSPS) is 14.8. The van der Waals surface area contributed by atoms with Crippen molar-refractivity contribution in [1.82, 2.24) is 0 Å². The summed E-state index contributed by atoms with van der Waals surface area (Å²) in [4.78, 5) is 0. The molecule has 0 aromatic heterocycles. The van der Waals surface area contributed by atoms with Gasteiger partial charge in [0.2, 0.25) is 0 Å². The Kier molecular flexibility index (Phi) is 4.81. The molecule has 0 bridgehead atoms. The van der Waals surface area contributed by atoms with Crippen molar-refractivity contribution in [2.45, 2.75) is 39.2 Å². The van der Waals surface area contributed by atoms with E-state index in [-0.39, 0.29) is 0 Å². The van der Waals surface area contributed by atoms with E-state index in [1.165, 1.54) is 0 Å². The maximum Gasteiger partial charge on any atom is 0.0791 e. The van der Waals surface area contributed by atoms with E-state index in [0.29, 0.717) is 12.5 Å². The third kappa shape index (κ3) is 5.17. The van der Waals surface area contributed by atoms with Crippen LogP contribution in [-0.4, -0.2) is 17.3 Å².